The van der Waals surface area contributed by atoms with Crippen LogP contribution in [0.25, 0.3) is 11.2 Å². The second-order valence-corrected chi connectivity index (χ2v) is 10.5. The highest BCUT2D eigenvalue weighted by molar-refractivity contribution is 7.66. The average Bonchev–Trinajstić information content (AvgIpc) is 3.13. The molecule has 6 unspecified atom stereocenters. The smallest absolute Gasteiger partial charge is 0.479 e. The lowest BCUT2D eigenvalue weighted by atomic mass is 10.2. The number of nitrogens with zero attached hydrogens (tertiary/aromatic N) is 4. The fraction of sp³-hybridized carbons (Fsp3) is 0.545. The number of phosphoric acid groups is 3. The maximum atomic E-state index is 12.0. The molecule has 0 saturated carbocycles. The monoisotopic (exact) mass is 522 g/mol. The predicted molar refractivity (Wildman–Crippen MR) is 97.5 cm³/mol. The molecule has 6 N–H and O–H groups in total. The van der Waals surface area contributed by atoms with Crippen LogP contribution in [-0.4, -0.2) is 74.9 Å². The van der Waals surface area contributed by atoms with E-state index < -0.39 is 48.2 Å². The number of imidazole rings is 1. The SMILES string of the molecule is COc1nc(C)nc2c1ncn2C1OC(OP(=O)(O)OP(=O)(O)OP(=O)(O)O)C(O)C1O. The largest absolute Gasteiger partial charge is 0.490 e. The third-order valence-corrected chi connectivity index (χ3v) is 7.62. The van der Waals surface area contributed by atoms with E-state index in [-0.39, 0.29) is 22.9 Å². The van der Waals surface area contributed by atoms with Crippen LogP contribution >= 0.6 is 23.5 Å². The van der Waals surface area contributed by atoms with Crippen LogP contribution in [0.3, 0.4) is 0 Å². The van der Waals surface area contributed by atoms with Gasteiger partial charge < -0.3 is 39.3 Å². The number of aryl methyl sites for hydroxylation is 1. The molecule has 1 saturated heterocycles. The van der Waals surface area contributed by atoms with Gasteiger partial charge in [-0.15, -0.1) is 0 Å². The molecule has 1 fully saturated rings. The van der Waals surface area contributed by atoms with Crippen LogP contribution in [0.15, 0.2) is 6.33 Å². The van der Waals surface area contributed by atoms with Crippen molar-refractivity contribution < 1.29 is 66.1 Å². The van der Waals surface area contributed by atoms with Gasteiger partial charge in [0.15, 0.2) is 23.7 Å². The van der Waals surface area contributed by atoms with E-state index in [4.69, 9.17) is 19.3 Å². The van der Waals surface area contributed by atoms with Crippen molar-refractivity contribution in [1.82, 2.24) is 19.5 Å². The first-order chi connectivity index (χ1) is 14.6. The zero-order valence-electron chi connectivity index (χ0n) is 16.0. The Kier molecular flexibility index (Phi) is 6.93. The second-order valence-electron chi connectivity index (χ2n) is 6.18. The van der Waals surface area contributed by atoms with Gasteiger partial charge in [0.1, 0.15) is 18.0 Å². The first-order valence-corrected chi connectivity index (χ1v) is 12.7. The number of hydrogen-bond donors (Lipinski definition) is 6. The summed E-state index contributed by atoms with van der Waals surface area (Å²) in [4.78, 5) is 48.1. The molecule has 32 heavy (non-hydrogen) atoms. The number of fused-ring (bicyclic) bond motifs is 1. The Morgan fingerprint density at radius 3 is 2.28 bits per heavy atom. The standard InChI is InChI=1S/C11H17N4O14P3/c1-4-13-8-5(9(14-4)25-2)12-3-15(8)10-6(16)7(17)11(26-10)27-31(21,22)29-32(23,24)28-30(18,19)20/h3,6-7,10-11,16-17H,1-2H3,(H,21,22)(H,23,24)(H2,18,19,20). The quantitative estimate of drug-likeness (QED) is 0.228. The zero-order chi connectivity index (χ0) is 24.1. The lowest BCUT2D eigenvalue weighted by Crippen LogP contribution is -2.32. The molecular formula is C11H17N4O14P3. The van der Waals surface area contributed by atoms with Crippen LogP contribution in [0.5, 0.6) is 5.88 Å². The van der Waals surface area contributed by atoms with Crippen molar-refractivity contribution >= 4 is 34.6 Å². The Morgan fingerprint density at radius 2 is 1.69 bits per heavy atom. The number of ether oxygens (including phenoxy) is 2. The summed E-state index contributed by atoms with van der Waals surface area (Å²) in [5.74, 6) is 0.359. The zero-order valence-corrected chi connectivity index (χ0v) is 18.6. The summed E-state index contributed by atoms with van der Waals surface area (Å²) in [5, 5.41) is 20.5. The van der Waals surface area contributed by atoms with Crippen LogP contribution in [0.4, 0.5) is 0 Å². The lowest BCUT2D eigenvalue weighted by molar-refractivity contribution is -0.133. The third kappa shape index (κ3) is 5.58. The van der Waals surface area contributed by atoms with Crippen molar-refractivity contribution in [3.05, 3.63) is 12.2 Å². The molecule has 18 nitrogen and oxygen atoms in total. The Hall–Kier alpha value is -1.36. The van der Waals surface area contributed by atoms with Crippen molar-refractivity contribution in [2.45, 2.75) is 31.6 Å². The molecular weight excluding hydrogens is 505 g/mol. The van der Waals surface area contributed by atoms with E-state index in [9.17, 15) is 33.7 Å². The summed E-state index contributed by atoms with van der Waals surface area (Å²) in [7, 11) is -15.7. The van der Waals surface area contributed by atoms with E-state index in [2.05, 4.69) is 28.1 Å². The molecule has 2 aromatic rings. The lowest BCUT2D eigenvalue weighted by Gasteiger charge is -2.20. The van der Waals surface area contributed by atoms with Crippen molar-refractivity contribution in [3.8, 4) is 5.88 Å². The van der Waals surface area contributed by atoms with Gasteiger partial charge in [-0.25, -0.2) is 23.7 Å². The molecule has 0 aromatic carbocycles. The minimum Gasteiger partial charge on any atom is -0.479 e. The van der Waals surface area contributed by atoms with Crippen molar-refractivity contribution in [3.63, 3.8) is 0 Å². The number of aliphatic hydroxyl groups is 2. The normalized spacial score (nSPS) is 27.9. The molecule has 2 aromatic heterocycles. The van der Waals surface area contributed by atoms with E-state index in [0.29, 0.717) is 0 Å². The van der Waals surface area contributed by atoms with Crippen LogP contribution in [0.1, 0.15) is 12.1 Å². The van der Waals surface area contributed by atoms with Crippen LogP contribution in [-0.2, 0) is 31.6 Å². The molecule has 3 heterocycles. The van der Waals surface area contributed by atoms with Crippen LogP contribution < -0.4 is 4.74 Å². The van der Waals surface area contributed by atoms with Crippen molar-refractivity contribution in [1.29, 1.82) is 0 Å². The molecule has 1 aliphatic heterocycles. The minimum absolute atomic E-state index is 0.101. The number of hydrogen-bond acceptors (Lipinski definition) is 13. The summed E-state index contributed by atoms with van der Waals surface area (Å²) in [6.07, 6.45) is -6.22. The average molecular weight is 522 g/mol. The Bertz CT molecular complexity index is 1150. The highest BCUT2D eigenvalue weighted by atomic mass is 31.3. The molecule has 0 spiro atoms. The molecule has 0 bridgehead atoms. The first-order valence-electron chi connectivity index (χ1n) is 8.21. The van der Waals surface area contributed by atoms with Gasteiger partial charge in [0.05, 0.1) is 13.4 Å². The minimum atomic E-state index is -5.78. The van der Waals surface area contributed by atoms with Gasteiger partial charge in [0.2, 0.25) is 5.88 Å². The number of aliphatic hydroxyl groups excluding tert-OH is 2. The fourth-order valence-corrected chi connectivity index (χ4v) is 5.80. The summed E-state index contributed by atoms with van der Waals surface area (Å²) in [5.41, 5.74) is 0.268. The highest BCUT2D eigenvalue weighted by Crippen LogP contribution is 2.67. The van der Waals surface area contributed by atoms with Gasteiger partial charge in [-0.2, -0.15) is 13.6 Å². The van der Waals surface area contributed by atoms with Gasteiger partial charge in [0.25, 0.3) is 0 Å². The molecule has 0 aliphatic carbocycles. The molecule has 180 valence electrons. The number of rotatable bonds is 8. The van der Waals surface area contributed by atoms with Gasteiger partial charge in [0, 0.05) is 0 Å². The highest BCUT2D eigenvalue weighted by Gasteiger charge is 2.50. The summed E-state index contributed by atoms with van der Waals surface area (Å²) < 4.78 is 57.1. The van der Waals surface area contributed by atoms with Gasteiger partial charge in [-0.1, -0.05) is 0 Å². The van der Waals surface area contributed by atoms with Gasteiger partial charge in [-0.05, 0) is 6.92 Å². The topological polar surface area (TPSA) is 262 Å². The van der Waals surface area contributed by atoms with E-state index in [1.165, 1.54) is 14.0 Å². The fourth-order valence-electron chi connectivity index (χ4n) is 2.70. The van der Waals surface area contributed by atoms with Crippen LogP contribution in [0.2, 0.25) is 0 Å². The molecule has 1 aliphatic rings. The van der Waals surface area contributed by atoms with Crippen molar-refractivity contribution in [2.75, 3.05) is 7.11 Å². The summed E-state index contributed by atoms with van der Waals surface area (Å²) in [6.45, 7) is 1.54. The summed E-state index contributed by atoms with van der Waals surface area (Å²) in [6, 6.07) is 0. The number of methoxy groups -OCH3 is 1. The number of aromatic nitrogens is 4. The Labute approximate surface area is 177 Å². The first kappa shape index (κ1) is 25.3. The van der Waals surface area contributed by atoms with E-state index >= 15 is 0 Å². The Morgan fingerprint density at radius 1 is 1.03 bits per heavy atom. The second kappa shape index (κ2) is 8.77. The maximum Gasteiger partial charge on any atom is 0.490 e. The van der Waals surface area contributed by atoms with E-state index in [0.717, 1.165) is 10.9 Å². The van der Waals surface area contributed by atoms with Crippen LogP contribution in [0, 0.1) is 6.92 Å². The predicted octanol–water partition coefficient (Wildman–Crippen LogP) is -0.937. The van der Waals surface area contributed by atoms with Crippen molar-refractivity contribution in [2.24, 2.45) is 0 Å². The molecule has 6 atom stereocenters. The molecule has 3 rings (SSSR count). The van der Waals surface area contributed by atoms with E-state index in [1.54, 1.807) is 0 Å². The van der Waals surface area contributed by atoms with Gasteiger partial charge in [-0.3, -0.25) is 9.09 Å². The maximum absolute atomic E-state index is 12.0. The molecule has 0 radical (unpaired) electrons. The molecule has 21 heteroatoms. The number of phosphoric ester groups is 1. The third-order valence-electron chi connectivity index (χ3n) is 3.82. The van der Waals surface area contributed by atoms with E-state index in [1.807, 2.05) is 0 Å². The Balaban J connectivity index is 1.82. The summed E-state index contributed by atoms with van der Waals surface area (Å²) >= 11 is 0. The molecule has 0 amide bonds. The van der Waals surface area contributed by atoms with Gasteiger partial charge >= 0.3 is 23.5 Å².